The summed E-state index contributed by atoms with van der Waals surface area (Å²) in [5, 5.41) is 0. The molecule has 0 aromatic heterocycles. The van der Waals surface area contributed by atoms with Crippen molar-refractivity contribution >= 4 is 11.6 Å². The molecule has 0 unspecified atom stereocenters. The van der Waals surface area contributed by atoms with E-state index in [2.05, 4.69) is 0 Å². The summed E-state index contributed by atoms with van der Waals surface area (Å²) in [4.78, 5) is 14.2. The number of rotatable bonds is 3. The summed E-state index contributed by atoms with van der Waals surface area (Å²) in [6, 6.07) is 5.42. The van der Waals surface area contributed by atoms with Gasteiger partial charge in [-0.3, -0.25) is 4.79 Å². The number of benzene rings is 1. The van der Waals surface area contributed by atoms with Crippen LogP contribution in [0.25, 0.3) is 0 Å². The molecule has 0 fully saturated rings. The summed E-state index contributed by atoms with van der Waals surface area (Å²) in [5.74, 6) is 0.999. The molecule has 2 N–H and O–H groups in total. The quantitative estimate of drug-likeness (QED) is 0.906. The van der Waals surface area contributed by atoms with Gasteiger partial charge in [0.25, 0.3) is 0 Å². The van der Waals surface area contributed by atoms with Gasteiger partial charge in [-0.2, -0.15) is 0 Å². The van der Waals surface area contributed by atoms with Gasteiger partial charge in [0, 0.05) is 12.2 Å². The topological polar surface area (TPSA) is 55.6 Å². The Morgan fingerprint density at radius 3 is 2.79 bits per heavy atom. The average Bonchev–Trinajstić information content (AvgIpc) is 2.44. The van der Waals surface area contributed by atoms with Crippen molar-refractivity contribution in [2.75, 3.05) is 18.6 Å². The highest BCUT2D eigenvalue weighted by Gasteiger charge is 2.28. The first-order chi connectivity index (χ1) is 9.04. The molecule has 4 nitrogen and oxygen atoms in total. The molecule has 0 aliphatic carbocycles. The van der Waals surface area contributed by atoms with Crippen molar-refractivity contribution in [3.8, 4) is 5.75 Å². The number of fused-ring (bicyclic) bond motifs is 1. The standard InChI is InChI=1S/C15H22N2O2/c1-10(2)14(16)15(18)17-8-4-5-11-9-12(19-3)6-7-13(11)17/h6-7,9-10,14H,4-5,8,16H2,1-3H3/t14-/m1/s1. The first-order valence-electron chi connectivity index (χ1n) is 6.78. The molecule has 4 heteroatoms. The highest BCUT2D eigenvalue weighted by Crippen LogP contribution is 2.31. The van der Waals surface area contributed by atoms with Crippen LogP contribution in [-0.2, 0) is 11.2 Å². The summed E-state index contributed by atoms with van der Waals surface area (Å²) in [5.41, 5.74) is 8.13. The van der Waals surface area contributed by atoms with Crippen LogP contribution in [0.3, 0.4) is 0 Å². The number of nitrogens with two attached hydrogens (primary N) is 1. The lowest BCUT2D eigenvalue weighted by Gasteiger charge is -2.32. The first-order valence-corrected chi connectivity index (χ1v) is 6.78. The van der Waals surface area contributed by atoms with Crippen LogP contribution in [0.4, 0.5) is 5.69 Å². The molecular weight excluding hydrogens is 240 g/mol. The number of amides is 1. The van der Waals surface area contributed by atoms with Crippen molar-refractivity contribution in [1.82, 2.24) is 0 Å². The van der Waals surface area contributed by atoms with Crippen molar-refractivity contribution in [2.24, 2.45) is 11.7 Å². The molecule has 1 aromatic carbocycles. The molecule has 19 heavy (non-hydrogen) atoms. The van der Waals surface area contributed by atoms with Crippen molar-refractivity contribution in [3.63, 3.8) is 0 Å². The van der Waals surface area contributed by atoms with E-state index in [0.717, 1.165) is 36.4 Å². The van der Waals surface area contributed by atoms with Gasteiger partial charge < -0.3 is 15.4 Å². The molecule has 1 atom stereocenters. The number of ether oxygens (including phenoxy) is 1. The van der Waals surface area contributed by atoms with Gasteiger partial charge in [-0.05, 0) is 42.5 Å². The molecule has 1 amide bonds. The second kappa shape index (κ2) is 5.61. The first kappa shape index (κ1) is 13.9. The highest BCUT2D eigenvalue weighted by atomic mass is 16.5. The fraction of sp³-hybridized carbons (Fsp3) is 0.533. The molecule has 0 saturated heterocycles. The molecule has 1 aromatic rings. The summed E-state index contributed by atoms with van der Waals surface area (Å²) >= 11 is 0. The predicted molar refractivity (Wildman–Crippen MR) is 76.5 cm³/mol. The van der Waals surface area contributed by atoms with E-state index in [1.807, 2.05) is 36.9 Å². The number of carbonyl (C=O) groups excluding carboxylic acids is 1. The summed E-state index contributed by atoms with van der Waals surface area (Å²) < 4.78 is 5.23. The maximum atomic E-state index is 12.4. The summed E-state index contributed by atoms with van der Waals surface area (Å²) in [6.07, 6.45) is 1.95. The van der Waals surface area contributed by atoms with E-state index in [9.17, 15) is 4.79 Å². The lowest BCUT2D eigenvalue weighted by atomic mass is 9.98. The zero-order chi connectivity index (χ0) is 14.0. The number of hydrogen-bond acceptors (Lipinski definition) is 3. The Bertz CT molecular complexity index is 471. The van der Waals surface area contributed by atoms with Crippen LogP contribution in [0.15, 0.2) is 18.2 Å². The van der Waals surface area contributed by atoms with E-state index in [-0.39, 0.29) is 11.8 Å². The number of nitrogens with zero attached hydrogens (tertiary/aromatic N) is 1. The van der Waals surface area contributed by atoms with Crippen molar-refractivity contribution in [3.05, 3.63) is 23.8 Å². The third-order valence-electron chi connectivity index (χ3n) is 3.67. The third kappa shape index (κ3) is 2.73. The van der Waals surface area contributed by atoms with Crippen molar-refractivity contribution in [2.45, 2.75) is 32.7 Å². The van der Waals surface area contributed by atoms with Gasteiger partial charge in [-0.15, -0.1) is 0 Å². The van der Waals surface area contributed by atoms with Gasteiger partial charge in [-0.1, -0.05) is 13.8 Å². The van der Waals surface area contributed by atoms with E-state index in [4.69, 9.17) is 10.5 Å². The smallest absolute Gasteiger partial charge is 0.244 e. The van der Waals surface area contributed by atoms with Gasteiger partial charge in [0.05, 0.1) is 13.2 Å². The Labute approximate surface area is 114 Å². The van der Waals surface area contributed by atoms with Crippen molar-refractivity contribution in [1.29, 1.82) is 0 Å². The maximum absolute atomic E-state index is 12.4. The van der Waals surface area contributed by atoms with Crippen LogP contribution in [0.1, 0.15) is 25.8 Å². The Balaban J connectivity index is 2.29. The minimum Gasteiger partial charge on any atom is -0.497 e. The Hall–Kier alpha value is -1.55. The monoisotopic (exact) mass is 262 g/mol. The molecule has 104 valence electrons. The molecule has 0 spiro atoms. The largest absolute Gasteiger partial charge is 0.497 e. The molecule has 2 rings (SSSR count). The fourth-order valence-electron chi connectivity index (χ4n) is 2.39. The summed E-state index contributed by atoms with van der Waals surface area (Å²) in [6.45, 7) is 4.70. The second-order valence-corrected chi connectivity index (χ2v) is 5.36. The molecule has 0 radical (unpaired) electrons. The molecule has 0 saturated carbocycles. The number of anilines is 1. The van der Waals surface area contributed by atoms with Gasteiger partial charge in [0.2, 0.25) is 5.91 Å². The maximum Gasteiger partial charge on any atom is 0.244 e. The van der Waals surface area contributed by atoms with Gasteiger partial charge in [0.15, 0.2) is 0 Å². The van der Waals surface area contributed by atoms with E-state index in [1.165, 1.54) is 0 Å². The van der Waals surface area contributed by atoms with Crippen LogP contribution in [0, 0.1) is 5.92 Å². The number of methoxy groups -OCH3 is 1. The molecule has 1 aliphatic rings. The fourth-order valence-corrected chi connectivity index (χ4v) is 2.39. The number of aryl methyl sites for hydroxylation is 1. The minimum atomic E-state index is -0.437. The number of carbonyl (C=O) groups is 1. The van der Waals surface area contributed by atoms with E-state index < -0.39 is 6.04 Å². The zero-order valence-electron chi connectivity index (χ0n) is 11.8. The van der Waals surface area contributed by atoms with E-state index in [0.29, 0.717) is 0 Å². The lowest BCUT2D eigenvalue weighted by Crippen LogP contribution is -2.48. The number of hydrogen-bond donors (Lipinski definition) is 1. The minimum absolute atomic E-state index is 0.0149. The third-order valence-corrected chi connectivity index (χ3v) is 3.67. The van der Waals surface area contributed by atoms with Crippen molar-refractivity contribution < 1.29 is 9.53 Å². The molecule has 1 heterocycles. The Morgan fingerprint density at radius 1 is 1.42 bits per heavy atom. The van der Waals surface area contributed by atoms with Gasteiger partial charge in [-0.25, -0.2) is 0 Å². The van der Waals surface area contributed by atoms with E-state index >= 15 is 0 Å². The van der Waals surface area contributed by atoms with Crippen LogP contribution >= 0.6 is 0 Å². The van der Waals surface area contributed by atoms with Crippen LogP contribution in [0.5, 0.6) is 5.75 Å². The summed E-state index contributed by atoms with van der Waals surface area (Å²) in [7, 11) is 1.65. The SMILES string of the molecule is COc1ccc2c(c1)CCCN2C(=O)[C@H](N)C(C)C. The highest BCUT2D eigenvalue weighted by molar-refractivity contribution is 5.98. The van der Waals surface area contributed by atoms with Crippen LogP contribution < -0.4 is 15.4 Å². The predicted octanol–water partition coefficient (Wildman–Crippen LogP) is 1.96. The molecule has 1 aliphatic heterocycles. The molecule has 0 bridgehead atoms. The van der Waals surface area contributed by atoms with Crippen LogP contribution in [0.2, 0.25) is 0 Å². The van der Waals surface area contributed by atoms with Gasteiger partial charge >= 0.3 is 0 Å². The second-order valence-electron chi connectivity index (χ2n) is 5.36. The average molecular weight is 262 g/mol. The van der Waals surface area contributed by atoms with Crippen LogP contribution in [-0.4, -0.2) is 25.6 Å². The Kier molecular flexibility index (Phi) is 4.10. The zero-order valence-corrected chi connectivity index (χ0v) is 11.8. The molecular formula is C15H22N2O2. The van der Waals surface area contributed by atoms with E-state index in [1.54, 1.807) is 7.11 Å². The lowest BCUT2D eigenvalue weighted by molar-refractivity contribution is -0.120. The normalized spacial score (nSPS) is 16.2. The van der Waals surface area contributed by atoms with Gasteiger partial charge in [0.1, 0.15) is 5.75 Å². The Morgan fingerprint density at radius 2 is 2.16 bits per heavy atom.